The molecule has 2 rings (SSSR count). The Kier molecular flexibility index (Phi) is 3.22. The van der Waals surface area contributed by atoms with Gasteiger partial charge in [0.1, 0.15) is 0 Å². The minimum Gasteiger partial charge on any atom is -0.230 e. The van der Waals surface area contributed by atoms with Crippen molar-refractivity contribution >= 4 is 17.0 Å². The largest absolute Gasteiger partial charge is 0.238 e. The second-order valence-corrected chi connectivity index (χ2v) is 5.10. The zero-order valence-electron chi connectivity index (χ0n) is 9.77. The van der Waals surface area contributed by atoms with Gasteiger partial charge in [-0.25, -0.2) is 10.0 Å². The van der Waals surface area contributed by atoms with Crippen LogP contribution in [0.15, 0.2) is 41.5 Å². The van der Waals surface area contributed by atoms with Crippen molar-refractivity contribution in [3.63, 3.8) is 0 Å². The summed E-state index contributed by atoms with van der Waals surface area (Å²) in [6.45, 7) is 2.11. The van der Waals surface area contributed by atoms with E-state index < -0.39 is 0 Å². The highest BCUT2D eigenvalue weighted by atomic mass is 32.1. The highest BCUT2D eigenvalue weighted by Crippen LogP contribution is 2.09. The van der Waals surface area contributed by atoms with E-state index in [9.17, 15) is 0 Å². The van der Waals surface area contributed by atoms with Crippen LogP contribution in [0.5, 0.6) is 0 Å². The molecule has 2 aromatic rings. The summed E-state index contributed by atoms with van der Waals surface area (Å²) in [6, 6.07) is 10.1. The third-order valence-electron chi connectivity index (χ3n) is 2.23. The maximum atomic E-state index is 4.64. The van der Waals surface area contributed by atoms with E-state index in [-0.39, 0.29) is 0 Å². The van der Waals surface area contributed by atoms with Crippen LogP contribution < -0.4 is 9.81 Å². The zero-order chi connectivity index (χ0) is 11.5. The summed E-state index contributed by atoms with van der Waals surface area (Å²) in [4.78, 5) is 6.95. The number of aromatic nitrogens is 1. The molecule has 1 heterocycles. The average molecular weight is 234 g/mol. The molecule has 0 spiro atoms. The van der Waals surface area contributed by atoms with Gasteiger partial charge in [-0.05, 0) is 19.1 Å². The summed E-state index contributed by atoms with van der Waals surface area (Å²) in [5.41, 5.74) is 0.999. The first-order valence-corrected chi connectivity index (χ1v) is 6.08. The Labute approximate surface area is 99.3 Å². The molecule has 1 aromatic carbocycles. The summed E-state index contributed by atoms with van der Waals surface area (Å²) in [5, 5.41) is 1.24. The number of hydrogen-bond acceptors (Lipinski definition) is 2. The molecule has 1 N–H and O–H groups in total. The van der Waals surface area contributed by atoms with E-state index >= 15 is 0 Å². The van der Waals surface area contributed by atoms with E-state index in [0.29, 0.717) is 0 Å². The maximum Gasteiger partial charge on any atom is 0.238 e. The number of para-hydroxylation sites is 1. The molecule has 84 valence electrons. The van der Waals surface area contributed by atoms with Crippen molar-refractivity contribution < 1.29 is 5.01 Å². The summed E-state index contributed by atoms with van der Waals surface area (Å²) in [7, 11) is 4.19. The monoisotopic (exact) mass is 234 g/mol. The van der Waals surface area contributed by atoms with Crippen LogP contribution in [0, 0.1) is 6.92 Å². The molecule has 0 fully saturated rings. The topological polar surface area (TPSA) is 21.7 Å². The van der Waals surface area contributed by atoms with Crippen molar-refractivity contribution in [1.82, 2.24) is 4.68 Å². The molecule has 0 atom stereocenters. The maximum absolute atomic E-state index is 4.64. The SMILES string of the molecule is Cc1cn([NH+](C)C)c(=Nc2ccccc2)s1. The van der Waals surface area contributed by atoms with Gasteiger partial charge in [-0.3, -0.25) is 0 Å². The van der Waals surface area contributed by atoms with Gasteiger partial charge >= 0.3 is 0 Å². The van der Waals surface area contributed by atoms with Gasteiger partial charge in [-0.2, -0.15) is 4.68 Å². The predicted octanol–water partition coefficient (Wildman–Crippen LogP) is 0.998. The second-order valence-electron chi connectivity index (χ2n) is 3.89. The summed E-state index contributed by atoms with van der Waals surface area (Å²) in [5.74, 6) is 0. The van der Waals surface area contributed by atoms with Gasteiger partial charge in [0.2, 0.25) is 4.80 Å². The molecule has 0 amide bonds. The Bertz CT molecular complexity index is 523. The number of rotatable bonds is 2. The molecule has 16 heavy (non-hydrogen) atoms. The molecule has 0 aliphatic heterocycles. The molecule has 0 saturated carbocycles. The van der Waals surface area contributed by atoms with Crippen LogP contribution in [0.4, 0.5) is 5.69 Å². The fourth-order valence-electron chi connectivity index (χ4n) is 1.47. The standard InChI is InChI=1S/C12H15N3S/c1-10-9-15(14(2)3)12(16-10)13-11-7-5-4-6-8-11/h4-9H,1-3H3/p+1. The minimum atomic E-state index is 0.999. The van der Waals surface area contributed by atoms with E-state index in [2.05, 4.69) is 36.9 Å². The molecule has 0 unspecified atom stereocenters. The second kappa shape index (κ2) is 4.63. The number of nitrogens with zero attached hydrogens (tertiary/aromatic N) is 2. The van der Waals surface area contributed by atoms with Gasteiger partial charge in [0.15, 0.2) is 0 Å². The quantitative estimate of drug-likeness (QED) is 0.801. The lowest BCUT2D eigenvalue weighted by atomic mass is 10.3. The van der Waals surface area contributed by atoms with Crippen LogP contribution in [0.2, 0.25) is 0 Å². The summed E-state index contributed by atoms with van der Waals surface area (Å²) < 4.78 is 2.13. The van der Waals surface area contributed by atoms with Gasteiger partial charge in [0.05, 0.1) is 26.0 Å². The molecule has 0 radical (unpaired) electrons. The summed E-state index contributed by atoms with van der Waals surface area (Å²) >= 11 is 1.71. The molecule has 0 bridgehead atoms. The molecule has 0 aliphatic carbocycles. The fourth-order valence-corrected chi connectivity index (χ4v) is 2.40. The smallest absolute Gasteiger partial charge is 0.230 e. The number of thiazole rings is 1. The Balaban J connectivity index is 2.51. The minimum absolute atomic E-state index is 0.999. The van der Waals surface area contributed by atoms with Gasteiger partial charge in [-0.1, -0.05) is 29.5 Å². The number of benzene rings is 1. The van der Waals surface area contributed by atoms with Crippen molar-refractivity contribution in [3.8, 4) is 0 Å². The van der Waals surface area contributed by atoms with Crippen LogP contribution >= 0.6 is 11.3 Å². The normalized spacial score (nSPS) is 12.4. The molecule has 3 nitrogen and oxygen atoms in total. The Morgan fingerprint density at radius 2 is 1.88 bits per heavy atom. The van der Waals surface area contributed by atoms with E-state index in [1.165, 1.54) is 9.89 Å². The van der Waals surface area contributed by atoms with Crippen LogP contribution in [-0.4, -0.2) is 18.8 Å². The lowest BCUT2D eigenvalue weighted by molar-refractivity contribution is -0.907. The van der Waals surface area contributed by atoms with Gasteiger partial charge in [0, 0.05) is 4.88 Å². The van der Waals surface area contributed by atoms with Crippen molar-refractivity contribution in [2.24, 2.45) is 4.99 Å². The van der Waals surface area contributed by atoms with Crippen molar-refractivity contribution in [3.05, 3.63) is 46.2 Å². The Hall–Kier alpha value is -1.39. The van der Waals surface area contributed by atoms with Gasteiger partial charge in [0.25, 0.3) is 0 Å². The van der Waals surface area contributed by atoms with Crippen molar-refractivity contribution in [2.45, 2.75) is 6.92 Å². The first-order valence-electron chi connectivity index (χ1n) is 5.26. The van der Waals surface area contributed by atoms with E-state index in [1.54, 1.807) is 11.3 Å². The van der Waals surface area contributed by atoms with E-state index in [4.69, 9.17) is 0 Å². The molecular formula is C12H16N3S+. The number of hydrogen-bond donors (Lipinski definition) is 1. The van der Waals surface area contributed by atoms with Crippen molar-refractivity contribution in [1.29, 1.82) is 0 Å². The molecule has 0 saturated heterocycles. The van der Waals surface area contributed by atoms with Crippen LogP contribution in [0.1, 0.15) is 4.88 Å². The number of nitrogens with one attached hydrogen (secondary N) is 1. The Morgan fingerprint density at radius 1 is 1.19 bits per heavy atom. The van der Waals surface area contributed by atoms with Gasteiger partial charge < -0.3 is 0 Å². The van der Waals surface area contributed by atoms with Crippen LogP contribution in [0.25, 0.3) is 0 Å². The van der Waals surface area contributed by atoms with Crippen LogP contribution in [0.3, 0.4) is 0 Å². The molecular weight excluding hydrogens is 218 g/mol. The lowest BCUT2D eigenvalue weighted by Crippen LogP contribution is -3.09. The predicted molar refractivity (Wildman–Crippen MR) is 66.9 cm³/mol. The third kappa shape index (κ3) is 2.40. The third-order valence-corrected chi connectivity index (χ3v) is 3.13. The zero-order valence-corrected chi connectivity index (χ0v) is 10.6. The van der Waals surface area contributed by atoms with E-state index in [0.717, 1.165) is 10.5 Å². The number of aryl methyl sites for hydroxylation is 1. The van der Waals surface area contributed by atoms with Gasteiger partial charge in [-0.15, -0.1) is 0 Å². The lowest BCUT2D eigenvalue weighted by Gasteiger charge is -2.06. The molecule has 1 aromatic heterocycles. The first kappa shape index (κ1) is 11.1. The van der Waals surface area contributed by atoms with E-state index in [1.807, 2.05) is 30.3 Å². The average Bonchev–Trinajstić information content (AvgIpc) is 2.61. The number of quaternary nitrogens is 1. The van der Waals surface area contributed by atoms with Crippen LogP contribution in [-0.2, 0) is 0 Å². The molecule has 4 heteroatoms. The highest BCUT2D eigenvalue weighted by molar-refractivity contribution is 7.09. The fraction of sp³-hybridized carbons (Fsp3) is 0.250. The first-order chi connectivity index (χ1) is 7.66. The highest BCUT2D eigenvalue weighted by Gasteiger charge is 2.03. The molecule has 0 aliphatic rings. The summed E-state index contributed by atoms with van der Waals surface area (Å²) in [6.07, 6.45) is 2.13. The van der Waals surface area contributed by atoms with Crippen molar-refractivity contribution in [2.75, 3.05) is 14.1 Å². The Morgan fingerprint density at radius 3 is 2.50 bits per heavy atom.